The van der Waals surface area contributed by atoms with E-state index in [1.807, 2.05) is 36.1 Å². The normalized spacial score (nSPS) is 16.8. The maximum Gasteiger partial charge on any atom is 0.254 e. The molecule has 7 nitrogen and oxygen atoms in total. The molecule has 2 heterocycles. The van der Waals surface area contributed by atoms with Crippen molar-refractivity contribution >= 4 is 17.4 Å². The highest BCUT2D eigenvalue weighted by Crippen LogP contribution is 2.39. The van der Waals surface area contributed by atoms with E-state index in [0.29, 0.717) is 36.7 Å². The van der Waals surface area contributed by atoms with Crippen molar-refractivity contribution in [2.75, 3.05) is 33.9 Å². The number of hydrogen-bond acceptors (Lipinski definition) is 6. The molecule has 7 heteroatoms. The fourth-order valence-corrected chi connectivity index (χ4v) is 4.82. The lowest BCUT2D eigenvalue weighted by atomic mass is 10.1. The van der Waals surface area contributed by atoms with E-state index in [-0.39, 0.29) is 11.9 Å². The summed E-state index contributed by atoms with van der Waals surface area (Å²) in [5.74, 6) is 3.55. The maximum absolute atomic E-state index is 13.4. The second-order valence-corrected chi connectivity index (χ2v) is 9.37. The van der Waals surface area contributed by atoms with Crippen molar-refractivity contribution < 1.29 is 19.0 Å². The van der Waals surface area contributed by atoms with Gasteiger partial charge in [-0.25, -0.2) is 4.99 Å². The number of benzene rings is 3. The summed E-state index contributed by atoms with van der Waals surface area (Å²) < 4.78 is 17.0. The number of aliphatic imine (C=N–C) groups is 1. The molecule has 186 valence electrons. The Morgan fingerprint density at radius 1 is 0.917 bits per heavy atom. The first-order chi connectivity index (χ1) is 17.4. The van der Waals surface area contributed by atoms with Crippen LogP contribution in [0.3, 0.4) is 0 Å². The Hall–Kier alpha value is -4.00. The molecule has 0 aliphatic carbocycles. The predicted octanol–water partition coefficient (Wildman–Crippen LogP) is 5.35. The molecule has 0 spiro atoms. The van der Waals surface area contributed by atoms with Gasteiger partial charge < -0.3 is 24.0 Å². The van der Waals surface area contributed by atoms with Gasteiger partial charge in [-0.1, -0.05) is 17.7 Å². The number of nitrogens with zero attached hydrogens (tertiary/aromatic N) is 3. The molecule has 0 aromatic heterocycles. The molecule has 0 bridgehead atoms. The molecule has 1 fully saturated rings. The van der Waals surface area contributed by atoms with E-state index < -0.39 is 0 Å². The fraction of sp³-hybridized carbons (Fsp3) is 0.310. The fourth-order valence-electron chi connectivity index (χ4n) is 4.82. The number of aryl methyl sites for hydroxylation is 2. The van der Waals surface area contributed by atoms with Gasteiger partial charge in [0, 0.05) is 31.2 Å². The van der Waals surface area contributed by atoms with Gasteiger partial charge in [0.05, 0.1) is 19.8 Å². The molecule has 36 heavy (non-hydrogen) atoms. The van der Waals surface area contributed by atoms with Gasteiger partial charge in [0.25, 0.3) is 5.91 Å². The van der Waals surface area contributed by atoms with Crippen molar-refractivity contribution in [3.8, 4) is 23.0 Å². The van der Waals surface area contributed by atoms with Crippen molar-refractivity contribution in [3.63, 3.8) is 0 Å². The minimum Gasteiger partial charge on any atom is -0.493 e. The van der Waals surface area contributed by atoms with Crippen LogP contribution >= 0.6 is 0 Å². The minimum absolute atomic E-state index is 0.0167. The smallest absolute Gasteiger partial charge is 0.254 e. The van der Waals surface area contributed by atoms with Crippen molar-refractivity contribution in [1.82, 2.24) is 9.80 Å². The van der Waals surface area contributed by atoms with E-state index >= 15 is 0 Å². The lowest BCUT2D eigenvalue weighted by Gasteiger charge is -2.41. The monoisotopic (exact) mass is 485 g/mol. The van der Waals surface area contributed by atoms with Gasteiger partial charge in [-0.2, -0.15) is 0 Å². The van der Waals surface area contributed by atoms with Gasteiger partial charge in [-0.3, -0.25) is 4.79 Å². The molecule has 0 unspecified atom stereocenters. The van der Waals surface area contributed by atoms with Crippen molar-refractivity contribution in [3.05, 3.63) is 76.9 Å². The average Bonchev–Trinajstić information content (AvgIpc) is 3.04. The number of fused-ring (bicyclic) bond motifs is 2. The standard InChI is InChI=1S/C29H31N3O4/c1-18-7-10-24-22(14-18)28(30-23-9-6-19(2)15-26(23)36-24)31-12-13-32(20(3)17-31)29(33)21-8-11-25(34-4)27(16-21)35-5/h6-11,14-16,20H,12-13,17H2,1-5H3/t20-/m0/s1. The Kier molecular flexibility index (Phi) is 6.31. The molecule has 3 aromatic rings. The molecule has 5 rings (SSSR count). The number of hydrogen-bond donors (Lipinski definition) is 0. The lowest BCUT2D eigenvalue weighted by Crippen LogP contribution is -2.55. The zero-order valence-electron chi connectivity index (χ0n) is 21.4. The molecule has 0 N–H and O–H groups in total. The van der Waals surface area contributed by atoms with Crippen LogP contribution in [0.4, 0.5) is 5.69 Å². The number of carbonyl (C=O) groups excluding carboxylic acids is 1. The van der Waals surface area contributed by atoms with Crippen LogP contribution in [-0.4, -0.2) is 61.4 Å². The number of carbonyl (C=O) groups is 1. The van der Waals surface area contributed by atoms with Crippen molar-refractivity contribution in [2.45, 2.75) is 26.8 Å². The number of amidine groups is 1. The van der Waals surface area contributed by atoms with Crippen LogP contribution in [0.15, 0.2) is 59.6 Å². The summed E-state index contributed by atoms with van der Waals surface area (Å²) >= 11 is 0. The zero-order chi connectivity index (χ0) is 25.4. The summed E-state index contributed by atoms with van der Waals surface area (Å²) in [6.07, 6.45) is 0. The predicted molar refractivity (Wildman–Crippen MR) is 140 cm³/mol. The summed E-state index contributed by atoms with van der Waals surface area (Å²) in [7, 11) is 3.16. The van der Waals surface area contributed by atoms with E-state index in [4.69, 9.17) is 19.2 Å². The Labute approximate surface area is 211 Å². The van der Waals surface area contributed by atoms with Crippen LogP contribution in [-0.2, 0) is 0 Å². The molecule has 1 saturated heterocycles. The highest BCUT2D eigenvalue weighted by molar-refractivity contribution is 6.04. The van der Waals surface area contributed by atoms with Crippen molar-refractivity contribution in [2.24, 2.45) is 4.99 Å². The summed E-state index contributed by atoms with van der Waals surface area (Å²) in [5, 5.41) is 0. The highest BCUT2D eigenvalue weighted by Gasteiger charge is 2.32. The summed E-state index contributed by atoms with van der Waals surface area (Å²) in [6, 6.07) is 17.5. The first-order valence-corrected chi connectivity index (χ1v) is 12.1. The minimum atomic E-state index is -0.0219. The number of piperazine rings is 1. The highest BCUT2D eigenvalue weighted by atomic mass is 16.5. The molecular formula is C29H31N3O4. The summed E-state index contributed by atoms with van der Waals surface area (Å²) in [4.78, 5) is 22.7. The average molecular weight is 486 g/mol. The lowest BCUT2D eigenvalue weighted by molar-refractivity contribution is 0.0581. The topological polar surface area (TPSA) is 63.6 Å². The Balaban J connectivity index is 1.44. The molecule has 0 radical (unpaired) electrons. The second-order valence-electron chi connectivity index (χ2n) is 9.37. The molecule has 3 aromatic carbocycles. The Morgan fingerprint density at radius 2 is 1.67 bits per heavy atom. The van der Waals surface area contributed by atoms with Gasteiger partial charge in [0.1, 0.15) is 17.3 Å². The zero-order valence-corrected chi connectivity index (χ0v) is 21.4. The Bertz CT molecular complexity index is 1350. The first-order valence-electron chi connectivity index (χ1n) is 12.1. The van der Waals surface area contributed by atoms with Gasteiger partial charge in [0.15, 0.2) is 17.2 Å². The number of amides is 1. The summed E-state index contributed by atoms with van der Waals surface area (Å²) in [6.45, 7) is 8.10. The SMILES string of the molecule is COc1ccc(C(=O)N2CCN(C3=Nc4ccc(C)cc4Oc4ccc(C)cc43)C[C@@H]2C)cc1OC. The summed E-state index contributed by atoms with van der Waals surface area (Å²) in [5.41, 5.74) is 4.62. The van der Waals surface area contributed by atoms with E-state index in [9.17, 15) is 4.79 Å². The van der Waals surface area contributed by atoms with Gasteiger partial charge in [-0.05, 0) is 68.8 Å². The first kappa shape index (κ1) is 23.7. The van der Waals surface area contributed by atoms with Gasteiger partial charge >= 0.3 is 0 Å². The largest absolute Gasteiger partial charge is 0.493 e. The van der Waals surface area contributed by atoms with Gasteiger partial charge in [0.2, 0.25) is 0 Å². The maximum atomic E-state index is 13.4. The van der Waals surface area contributed by atoms with Gasteiger partial charge in [-0.15, -0.1) is 0 Å². The van der Waals surface area contributed by atoms with Crippen molar-refractivity contribution in [1.29, 1.82) is 0 Å². The molecule has 1 amide bonds. The number of ether oxygens (including phenoxy) is 3. The van der Waals surface area contributed by atoms with E-state index in [1.54, 1.807) is 32.4 Å². The van der Waals surface area contributed by atoms with Crippen LogP contribution < -0.4 is 14.2 Å². The van der Waals surface area contributed by atoms with Crippen LogP contribution in [0.25, 0.3) is 0 Å². The molecule has 0 saturated carbocycles. The number of rotatable bonds is 3. The van der Waals surface area contributed by atoms with E-state index in [1.165, 1.54) is 0 Å². The van der Waals surface area contributed by atoms with Crippen LogP contribution in [0, 0.1) is 13.8 Å². The molecule has 1 atom stereocenters. The Morgan fingerprint density at radius 3 is 2.42 bits per heavy atom. The van der Waals surface area contributed by atoms with E-state index in [2.05, 4.69) is 30.9 Å². The molecular weight excluding hydrogens is 454 g/mol. The number of methoxy groups -OCH3 is 2. The van der Waals surface area contributed by atoms with Crippen LogP contribution in [0.1, 0.15) is 34.0 Å². The third kappa shape index (κ3) is 4.37. The molecule has 2 aliphatic rings. The third-order valence-corrected chi connectivity index (χ3v) is 6.76. The second kappa shape index (κ2) is 9.57. The third-order valence-electron chi connectivity index (χ3n) is 6.76. The van der Waals surface area contributed by atoms with Crippen LogP contribution in [0.5, 0.6) is 23.0 Å². The van der Waals surface area contributed by atoms with E-state index in [0.717, 1.165) is 39.7 Å². The quantitative estimate of drug-likeness (QED) is 0.500. The van der Waals surface area contributed by atoms with Crippen LogP contribution in [0.2, 0.25) is 0 Å². The molecule has 2 aliphatic heterocycles.